The van der Waals surface area contributed by atoms with Gasteiger partial charge in [0.2, 0.25) is 0 Å². The Morgan fingerprint density at radius 1 is 1.45 bits per heavy atom. The summed E-state index contributed by atoms with van der Waals surface area (Å²) >= 11 is 1.53. The predicted molar refractivity (Wildman–Crippen MR) is 79.9 cm³/mol. The fraction of sp³-hybridized carbons (Fsp3) is 0.500. The smallest absolute Gasteiger partial charge is 0.271 e. The molecule has 0 aliphatic rings. The molecule has 2 heterocycles. The SMILES string of the molecule is Cc1c(CNC(=O)c2csc(C(C)(C)C)n2)cnn1C. The van der Waals surface area contributed by atoms with Crippen molar-refractivity contribution in [1.29, 1.82) is 0 Å². The number of nitrogens with zero attached hydrogens (tertiary/aromatic N) is 3. The zero-order valence-electron chi connectivity index (χ0n) is 12.5. The molecule has 0 aromatic carbocycles. The maximum Gasteiger partial charge on any atom is 0.271 e. The molecule has 0 fully saturated rings. The van der Waals surface area contributed by atoms with Crippen LogP contribution in [0.3, 0.4) is 0 Å². The van der Waals surface area contributed by atoms with Gasteiger partial charge in [0.05, 0.1) is 11.2 Å². The van der Waals surface area contributed by atoms with E-state index in [4.69, 9.17) is 0 Å². The monoisotopic (exact) mass is 292 g/mol. The average Bonchev–Trinajstić information content (AvgIpc) is 2.96. The maximum absolute atomic E-state index is 12.1. The summed E-state index contributed by atoms with van der Waals surface area (Å²) in [4.78, 5) is 16.5. The van der Waals surface area contributed by atoms with Crippen molar-refractivity contribution in [1.82, 2.24) is 20.1 Å². The molecule has 0 atom stereocenters. The number of thiazole rings is 1. The van der Waals surface area contributed by atoms with Crippen LogP contribution in [0.15, 0.2) is 11.6 Å². The lowest BCUT2D eigenvalue weighted by molar-refractivity contribution is 0.0946. The summed E-state index contributed by atoms with van der Waals surface area (Å²) in [5.74, 6) is -0.139. The van der Waals surface area contributed by atoms with Crippen LogP contribution >= 0.6 is 11.3 Å². The number of carbonyl (C=O) groups is 1. The normalized spacial score (nSPS) is 11.7. The van der Waals surface area contributed by atoms with Gasteiger partial charge in [-0.15, -0.1) is 11.3 Å². The second-order valence-corrected chi connectivity index (χ2v) is 6.71. The van der Waals surface area contributed by atoms with E-state index >= 15 is 0 Å². The van der Waals surface area contributed by atoms with Gasteiger partial charge in [-0.2, -0.15) is 5.10 Å². The topological polar surface area (TPSA) is 59.8 Å². The van der Waals surface area contributed by atoms with E-state index in [2.05, 4.69) is 36.2 Å². The van der Waals surface area contributed by atoms with Gasteiger partial charge in [0.1, 0.15) is 5.69 Å². The molecule has 0 saturated heterocycles. The van der Waals surface area contributed by atoms with Crippen molar-refractivity contribution >= 4 is 17.2 Å². The highest BCUT2D eigenvalue weighted by atomic mass is 32.1. The van der Waals surface area contributed by atoms with E-state index in [1.54, 1.807) is 10.9 Å². The molecule has 0 unspecified atom stereocenters. The molecular formula is C14H20N4OS. The molecule has 0 spiro atoms. The Kier molecular flexibility index (Phi) is 3.94. The van der Waals surface area contributed by atoms with Crippen molar-refractivity contribution in [2.75, 3.05) is 0 Å². The molecular weight excluding hydrogens is 272 g/mol. The lowest BCUT2D eigenvalue weighted by Gasteiger charge is -2.13. The summed E-state index contributed by atoms with van der Waals surface area (Å²) in [7, 11) is 1.89. The van der Waals surface area contributed by atoms with Crippen LogP contribution in [0, 0.1) is 6.92 Å². The predicted octanol–water partition coefficient (Wildman–Crippen LogP) is 2.41. The molecule has 20 heavy (non-hydrogen) atoms. The lowest BCUT2D eigenvalue weighted by atomic mass is 9.98. The highest BCUT2D eigenvalue weighted by molar-refractivity contribution is 7.10. The van der Waals surface area contributed by atoms with E-state index in [-0.39, 0.29) is 11.3 Å². The van der Waals surface area contributed by atoms with E-state index in [1.165, 1.54) is 11.3 Å². The number of aryl methyl sites for hydroxylation is 1. The number of nitrogens with one attached hydrogen (secondary N) is 1. The van der Waals surface area contributed by atoms with Crippen molar-refractivity contribution in [3.63, 3.8) is 0 Å². The Balaban J connectivity index is 2.02. The number of rotatable bonds is 3. The highest BCUT2D eigenvalue weighted by Gasteiger charge is 2.20. The van der Waals surface area contributed by atoms with Crippen LogP contribution in [-0.4, -0.2) is 20.7 Å². The largest absolute Gasteiger partial charge is 0.346 e. The summed E-state index contributed by atoms with van der Waals surface area (Å²) in [6, 6.07) is 0. The first-order chi connectivity index (χ1) is 9.29. The average molecular weight is 292 g/mol. The van der Waals surface area contributed by atoms with Crippen LogP contribution in [0.2, 0.25) is 0 Å². The van der Waals surface area contributed by atoms with Gasteiger partial charge in [-0.05, 0) is 6.92 Å². The highest BCUT2D eigenvalue weighted by Crippen LogP contribution is 2.25. The third-order valence-electron chi connectivity index (χ3n) is 3.15. The first-order valence-electron chi connectivity index (χ1n) is 6.50. The van der Waals surface area contributed by atoms with Crippen LogP contribution in [0.25, 0.3) is 0 Å². The molecule has 2 aromatic heterocycles. The van der Waals surface area contributed by atoms with Gasteiger partial charge in [-0.1, -0.05) is 20.8 Å². The molecule has 6 heteroatoms. The third kappa shape index (κ3) is 3.07. The quantitative estimate of drug-likeness (QED) is 0.945. The van der Waals surface area contributed by atoms with Crippen molar-refractivity contribution in [3.05, 3.63) is 33.5 Å². The van der Waals surface area contributed by atoms with Gasteiger partial charge >= 0.3 is 0 Å². The van der Waals surface area contributed by atoms with Gasteiger partial charge in [-0.3, -0.25) is 9.48 Å². The molecule has 2 aromatic rings. The molecule has 0 aliphatic carbocycles. The fourth-order valence-corrected chi connectivity index (χ4v) is 2.59. The molecule has 0 bridgehead atoms. The second-order valence-electron chi connectivity index (χ2n) is 5.85. The number of hydrogen-bond donors (Lipinski definition) is 1. The van der Waals surface area contributed by atoms with Crippen LogP contribution in [-0.2, 0) is 19.0 Å². The summed E-state index contributed by atoms with van der Waals surface area (Å²) in [6.45, 7) is 8.72. The van der Waals surface area contributed by atoms with E-state index in [0.717, 1.165) is 16.3 Å². The molecule has 0 aliphatic heterocycles. The number of aromatic nitrogens is 3. The van der Waals surface area contributed by atoms with Crippen molar-refractivity contribution in [2.24, 2.45) is 7.05 Å². The van der Waals surface area contributed by atoms with Crippen molar-refractivity contribution in [2.45, 2.75) is 39.7 Å². The molecule has 2 rings (SSSR count). The van der Waals surface area contributed by atoms with E-state index < -0.39 is 0 Å². The van der Waals surface area contributed by atoms with Crippen LogP contribution in [0.1, 0.15) is 47.5 Å². The third-order valence-corrected chi connectivity index (χ3v) is 4.42. The number of amides is 1. The van der Waals surface area contributed by atoms with E-state index in [1.807, 2.05) is 19.4 Å². The van der Waals surface area contributed by atoms with E-state index in [0.29, 0.717) is 12.2 Å². The Hall–Kier alpha value is -1.69. The van der Waals surface area contributed by atoms with Crippen LogP contribution < -0.4 is 5.32 Å². The minimum absolute atomic E-state index is 0.0247. The van der Waals surface area contributed by atoms with Gasteiger partial charge < -0.3 is 5.32 Å². The summed E-state index contributed by atoms with van der Waals surface area (Å²) in [5.41, 5.74) is 2.54. The minimum atomic E-state index is -0.139. The van der Waals surface area contributed by atoms with Crippen LogP contribution in [0.4, 0.5) is 0 Å². The van der Waals surface area contributed by atoms with Crippen molar-refractivity contribution < 1.29 is 4.79 Å². The minimum Gasteiger partial charge on any atom is -0.346 e. The number of carbonyl (C=O) groups excluding carboxylic acids is 1. The molecule has 5 nitrogen and oxygen atoms in total. The first kappa shape index (κ1) is 14.7. The Morgan fingerprint density at radius 3 is 2.65 bits per heavy atom. The van der Waals surface area contributed by atoms with E-state index in [9.17, 15) is 4.79 Å². The van der Waals surface area contributed by atoms with Crippen molar-refractivity contribution in [3.8, 4) is 0 Å². The van der Waals surface area contributed by atoms with Gasteiger partial charge in [0, 0.05) is 35.6 Å². The zero-order valence-corrected chi connectivity index (χ0v) is 13.3. The van der Waals surface area contributed by atoms with Gasteiger partial charge in [0.25, 0.3) is 5.91 Å². The molecule has 108 valence electrons. The summed E-state index contributed by atoms with van der Waals surface area (Å²) in [6.07, 6.45) is 1.78. The standard InChI is InChI=1S/C14H20N4OS/c1-9-10(7-16-18(9)5)6-15-12(19)11-8-20-13(17-11)14(2,3)4/h7-8H,6H2,1-5H3,(H,15,19). The molecule has 0 radical (unpaired) electrons. The fourth-order valence-electron chi connectivity index (χ4n) is 1.71. The summed E-state index contributed by atoms with van der Waals surface area (Å²) < 4.78 is 1.79. The lowest BCUT2D eigenvalue weighted by Crippen LogP contribution is -2.23. The maximum atomic E-state index is 12.1. The Bertz CT molecular complexity index is 621. The molecule has 1 N–H and O–H groups in total. The Labute approximate surface area is 123 Å². The van der Waals surface area contributed by atoms with Gasteiger partial charge in [0.15, 0.2) is 0 Å². The Morgan fingerprint density at radius 2 is 2.15 bits per heavy atom. The van der Waals surface area contributed by atoms with Crippen LogP contribution in [0.5, 0.6) is 0 Å². The molecule has 0 saturated carbocycles. The zero-order chi connectivity index (χ0) is 14.9. The molecule has 1 amide bonds. The number of hydrogen-bond acceptors (Lipinski definition) is 4. The first-order valence-corrected chi connectivity index (χ1v) is 7.38. The van der Waals surface area contributed by atoms with Gasteiger partial charge in [-0.25, -0.2) is 4.98 Å². The summed E-state index contributed by atoms with van der Waals surface area (Å²) in [5, 5.41) is 9.83. The second kappa shape index (κ2) is 5.36.